The lowest BCUT2D eigenvalue weighted by Crippen LogP contribution is -2.50. The summed E-state index contributed by atoms with van der Waals surface area (Å²) in [4.78, 5) is 6.81. The maximum atomic E-state index is 5.83. The number of anilines is 1. The Bertz CT molecular complexity index is 443. The predicted molar refractivity (Wildman–Crippen MR) is 77.5 cm³/mol. The van der Waals surface area contributed by atoms with Crippen molar-refractivity contribution >= 4 is 17.5 Å². The predicted octanol–water partition coefficient (Wildman–Crippen LogP) is 2.51. The normalized spacial score (nSPS) is 21.4. The van der Waals surface area contributed by atoms with Crippen LogP contribution in [0.2, 0.25) is 5.15 Å². The average molecular weight is 284 g/mol. The van der Waals surface area contributed by atoms with Gasteiger partial charge in [0.05, 0.1) is 5.69 Å². The third-order valence-electron chi connectivity index (χ3n) is 3.51. The summed E-state index contributed by atoms with van der Waals surface area (Å²) in [5, 5.41) is 11.6. The van der Waals surface area contributed by atoms with Crippen LogP contribution in [0.25, 0.3) is 0 Å². The number of halogens is 1. The molecule has 5 nitrogen and oxygen atoms in total. The highest BCUT2D eigenvalue weighted by Crippen LogP contribution is 2.21. The molecule has 6 heteroatoms. The molecule has 0 spiro atoms. The Kier molecular flexibility index (Phi) is 4.26. The van der Waals surface area contributed by atoms with Crippen LogP contribution in [0.1, 0.15) is 39.3 Å². The molecule has 1 aromatic rings. The van der Waals surface area contributed by atoms with Crippen LogP contribution in [-0.4, -0.2) is 44.8 Å². The molecule has 1 saturated heterocycles. The number of hydrogen-bond donors (Lipinski definition) is 1. The van der Waals surface area contributed by atoms with E-state index in [1.54, 1.807) is 0 Å². The van der Waals surface area contributed by atoms with E-state index in [0.29, 0.717) is 22.8 Å². The molecule has 0 amide bonds. The zero-order valence-electron chi connectivity index (χ0n) is 12.1. The van der Waals surface area contributed by atoms with Gasteiger partial charge in [-0.2, -0.15) is 0 Å². The first-order chi connectivity index (χ1) is 8.86. The van der Waals surface area contributed by atoms with E-state index in [1.165, 1.54) is 6.42 Å². The summed E-state index contributed by atoms with van der Waals surface area (Å²) >= 11 is 5.83. The van der Waals surface area contributed by atoms with Crippen LogP contribution in [0.4, 0.5) is 5.95 Å². The molecular weight excluding hydrogens is 262 g/mol. The van der Waals surface area contributed by atoms with Crippen molar-refractivity contribution < 1.29 is 0 Å². The van der Waals surface area contributed by atoms with Gasteiger partial charge in [-0.25, -0.2) is 4.98 Å². The van der Waals surface area contributed by atoms with Gasteiger partial charge in [0.1, 0.15) is 0 Å². The van der Waals surface area contributed by atoms with E-state index >= 15 is 0 Å². The maximum absolute atomic E-state index is 5.83. The van der Waals surface area contributed by atoms with Crippen LogP contribution >= 0.6 is 11.6 Å². The molecule has 2 heterocycles. The number of aromatic nitrogens is 3. The molecule has 1 fully saturated rings. The first-order valence-electron chi connectivity index (χ1n) is 6.74. The largest absolute Gasteiger partial charge is 0.349 e. The van der Waals surface area contributed by atoms with Crippen molar-refractivity contribution in [3.05, 3.63) is 10.8 Å². The molecule has 1 aromatic heterocycles. The quantitative estimate of drug-likeness (QED) is 0.904. The summed E-state index contributed by atoms with van der Waals surface area (Å²) < 4.78 is 0. The number of piperidine rings is 1. The van der Waals surface area contributed by atoms with Crippen molar-refractivity contribution in [1.82, 2.24) is 20.1 Å². The van der Waals surface area contributed by atoms with Gasteiger partial charge < -0.3 is 5.32 Å². The van der Waals surface area contributed by atoms with Gasteiger partial charge in [0.15, 0.2) is 5.15 Å². The minimum atomic E-state index is 0.204. The van der Waals surface area contributed by atoms with E-state index in [9.17, 15) is 0 Å². The summed E-state index contributed by atoms with van der Waals surface area (Å²) in [7, 11) is 0. The molecule has 19 heavy (non-hydrogen) atoms. The monoisotopic (exact) mass is 283 g/mol. The smallest absolute Gasteiger partial charge is 0.243 e. The second kappa shape index (κ2) is 5.59. The van der Waals surface area contributed by atoms with Gasteiger partial charge in [-0.1, -0.05) is 11.6 Å². The molecule has 1 aliphatic heterocycles. The van der Waals surface area contributed by atoms with E-state index in [1.807, 2.05) is 6.92 Å². The lowest BCUT2D eigenvalue weighted by Gasteiger charge is -2.41. The molecule has 0 aliphatic carbocycles. The van der Waals surface area contributed by atoms with Crippen LogP contribution < -0.4 is 5.32 Å². The Morgan fingerprint density at radius 1 is 1.32 bits per heavy atom. The first kappa shape index (κ1) is 14.5. The fraction of sp³-hybridized carbons (Fsp3) is 0.769. The molecule has 106 valence electrons. The number of rotatable bonds is 2. The van der Waals surface area contributed by atoms with Crippen LogP contribution in [0, 0.1) is 6.92 Å². The van der Waals surface area contributed by atoms with E-state index in [2.05, 4.69) is 46.2 Å². The number of nitrogens with zero attached hydrogens (tertiary/aromatic N) is 4. The standard InChI is InChI=1S/C13H22ClN5/c1-9-11(14)17-18-12(15-9)16-10-6-5-7-19(8-10)13(2,3)4/h10H,5-8H2,1-4H3,(H,15,16,18). The van der Waals surface area contributed by atoms with Gasteiger partial charge >= 0.3 is 0 Å². The first-order valence-corrected chi connectivity index (χ1v) is 7.12. The molecular formula is C13H22ClN5. The van der Waals surface area contributed by atoms with E-state index in [4.69, 9.17) is 11.6 Å². The van der Waals surface area contributed by atoms with Crippen LogP contribution in [0.15, 0.2) is 0 Å². The van der Waals surface area contributed by atoms with Crippen molar-refractivity contribution in [2.45, 2.75) is 52.1 Å². The van der Waals surface area contributed by atoms with Crippen molar-refractivity contribution in [1.29, 1.82) is 0 Å². The molecule has 1 N–H and O–H groups in total. The van der Waals surface area contributed by atoms with Gasteiger partial charge in [0.25, 0.3) is 0 Å². The summed E-state index contributed by atoms with van der Waals surface area (Å²) in [5.74, 6) is 0.572. The fourth-order valence-corrected chi connectivity index (χ4v) is 2.42. The third-order valence-corrected chi connectivity index (χ3v) is 3.86. The molecule has 1 atom stereocenters. The Morgan fingerprint density at radius 2 is 2.05 bits per heavy atom. The van der Waals surface area contributed by atoms with Gasteiger partial charge in [0.2, 0.25) is 5.95 Å². The SMILES string of the molecule is Cc1nc(NC2CCCN(C(C)(C)C)C2)nnc1Cl. The van der Waals surface area contributed by atoms with Gasteiger partial charge in [0, 0.05) is 18.1 Å². The van der Waals surface area contributed by atoms with Crippen molar-refractivity contribution in [2.24, 2.45) is 0 Å². The van der Waals surface area contributed by atoms with Crippen LogP contribution in [0.3, 0.4) is 0 Å². The summed E-state index contributed by atoms with van der Waals surface area (Å²) in [6.45, 7) is 10.7. The topological polar surface area (TPSA) is 53.9 Å². The number of hydrogen-bond acceptors (Lipinski definition) is 5. The van der Waals surface area contributed by atoms with Crippen molar-refractivity contribution in [3.63, 3.8) is 0 Å². The zero-order chi connectivity index (χ0) is 14.0. The van der Waals surface area contributed by atoms with Crippen LogP contribution in [-0.2, 0) is 0 Å². The fourth-order valence-electron chi connectivity index (χ4n) is 2.34. The molecule has 0 saturated carbocycles. The molecule has 2 rings (SSSR count). The lowest BCUT2D eigenvalue weighted by molar-refractivity contribution is 0.104. The second-order valence-electron chi connectivity index (χ2n) is 6.11. The number of aryl methyl sites for hydroxylation is 1. The Morgan fingerprint density at radius 3 is 2.68 bits per heavy atom. The van der Waals surface area contributed by atoms with E-state index in [-0.39, 0.29) is 5.54 Å². The average Bonchev–Trinajstić information content (AvgIpc) is 2.33. The molecule has 0 aromatic carbocycles. The molecule has 0 bridgehead atoms. The lowest BCUT2D eigenvalue weighted by atomic mass is 9.98. The Labute approximate surface area is 119 Å². The third kappa shape index (κ3) is 3.76. The summed E-state index contributed by atoms with van der Waals surface area (Å²) in [6.07, 6.45) is 2.33. The number of nitrogens with one attached hydrogen (secondary N) is 1. The molecule has 1 unspecified atom stereocenters. The van der Waals surface area contributed by atoms with Crippen molar-refractivity contribution in [3.8, 4) is 0 Å². The van der Waals surface area contributed by atoms with E-state index in [0.717, 1.165) is 19.5 Å². The maximum Gasteiger partial charge on any atom is 0.243 e. The van der Waals surface area contributed by atoms with Crippen molar-refractivity contribution in [2.75, 3.05) is 18.4 Å². The minimum Gasteiger partial charge on any atom is -0.349 e. The minimum absolute atomic E-state index is 0.204. The second-order valence-corrected chi connectivity index (χ2v) is 6.47. The Balaban J connectivity index is 2.00. The summed E-state index contributed by atoms with van der Waals surface area (Å²) in [5.41, 5.74) is 0.915. The highest BCUT2D eigenvalue weighted by atomic mass is 35.5. The number of likely N-dealkylation sites (tertiary alicyclic amines) is 1. The van der Waals surface area contributed by atoms with Gasteiger partial charge in [-0.05, 0) is 47.1 Å². The Hall–Kier alpha value is -0.940. The van der Waals surface area contributed by atoms with E-state index < -0.39 is 0 Å². The molecule has 1 aliphatic rings. The highest BCUT2D eigenvalue weighted by molar-refractivity contribution is 6.29. The zero-order valence-corrected chi connectivity index (χ0v) is 12.8. The molecule has 0 radical (unpaired) electrons. The van der Waals surface area contributed by atoms with Gasteiger partial charge in [-0.3, -0.25) is 4.90 Å². The highest BCUT2D eigenvalue weighted by Gasteiger charge is 2.28. The van der Waals surface area contributed by atoms with Gasteiger partial charge in [-0.15, -0.1) is 10.2 Å². The summed E-state index contributed by atoms with van der Waals surface area (Å²) in [6, 6.07) is 0.371. The van der Waals surface area contributed by atoms with Crippen LogP contribution in [0.5, 0.6) is 0 Å².